The molecule has 0 aliphatic heterocycles. The van der Waals surface area contributed by atoms with Crippen LogP contribution in [0.2, 0.25) is 0 Å². The average molecular weight is 255 g/mol. The number of hydrogen-bond donors (Lipinski definition) is 0. The summed E-state index contributed by atoms with van der Waals surface area (Å²) in [4.78, 5) is 0. The molecule has 0 bridgehead atoms. The Kier molecular flexibility index (Phi) is 4.18. The van der Waals surface area contributed by atoms with Crippen LogP contribution in [0, 0.1) is 0 Å². The van der Waals surface area contributed by atoms with Crippen LogP contribution in [0.1, 0.15) is 56.2 Å². The molecule has 0 aliphatic carbocycles. The Balaban J connectivity index is 3.14. The third-order valence-corrected chi connectivity index (χ3v) is 3.21. The highest BCUT2D eigenvalue weighted by Crippen LogP contribution is 2.26. The summed E-state index contributed by atoms with van der Waals surface area (Å²) < 4.78 is 0. The minimum Gasteiger partial charge on any atom is -0.0876 e. The van der Waals surface area contributed by atoms with Crippen LogP contribution in [0.5, 0.6) is 0 Å². The first-order valence-corrected chi connectivity index (χ1v) is 6.37. The molecule has 0 aromatic heterocycles. The van der Waals surface area contributed by atoms with E-state index >= 15 is 0 Å². The zero-order chi connectivity index (χ0) is 10.7. The molecule has 0 atom stereocenters. The van der Waals surface area contributed by atoms with Crippen LogP contribution in [0.15, 0.2) is 18.2 Å². The van der Waals surface area contributed by atoms with Gasteiger partial charge in [0, 0.05) is 5.33 Å². The summed E-state index contributed by atoms with van der Waals surface area (Å²) in [6, 6.07) is 6.85. The van der Waals surface area contributed by atoms with Crippen molar-refractivity contribution in [2.45, 2.75) is 44.9 Å². The van der Waals surface area contributed by atoms with Gasteiger partial charge in [0.05, 0.1) is 0 Å². The first-order chi connectivity index (χ1) is 6.56. The van der Waals surface area contributed by atoms with Crippen molar-refractivity contribution in [1.29, 1.82) is 0 Å². The van der Waals surface area contributed by atoms with E-state index in [1.165, 1.54) is 16.7 Å². The largest absolute Gasteiger partial charge is 0.0876 e. The van der Waals surface area contributed by atoms with Crippen molar-refractivity contribution < 1.29 is 0 Å². The first-order valence-electron chi connectivity index (χ1n) is 5.25. The standard InChI is InChI=1S/C13H19Br/c1-9(2)11-5-6-12(8-14)13(7-11)10(3)4/h5-7,9-10H,8H2,1-4H3. The molecule has 0 nitrogen and oxygen atoms in total. The summed E-state index contributed by atoms with van der Waals surface area (Å²) in [5.41, 5.74) is 4.34. The zero-order valence-electron chi connectivity index (χ0n) is 9.47. The van der Waals surface area contributed by atoms with Gasteiger partial charge in [-0.25, -0.2) is 0 Å². The maximum atomic E-state index is 3.54. The number of alkyl halides is 1. The van der Waals surface area contributed by atoms with Crippen LogP contribution >= 0.6 is 15.9 Å². The molecule has 0 amide bonds. The molecule has 0 spiro atoms. The second-order valence-electron chi connectivity index (χ2n) is 4.40. The molecule has 78 valence electrons. The number of halogens is 1. The predicted molar refractivity (Wildman–Crippen MR) is 67.3 cm³/mol. The van der Waals surface area contributed by atoms with Crippen LogP contribution in [0.4, 0.5) is 0 Å². The quantitative estimate of drug-likeness (QED) is 0.679. The molecular weight excluding hydrogens is 236 g/mol. The van der Waals surface area contributed by atoms with Gasteiger partial charge in [0.25, 0.3) is 0 Å². The van der Waals surface area contributed by atoms with Crippen LogP contribution in [-0.2, 0) is 5.33 Å². The molecule has 0 unspecified atom stereocenters. The first kappa shape index (κ1) is 11.8. The van der Waals surface area contributed by atoms with Gasteiger partial charge in [-0.3, -0.25) is 0 Å². The van der Waals surface area contributed by atoms with Gasteiger partial charge in [-0.15, -0.1) is 0 Å². The third kappa shape index (κ3) is 2.60. The zero-order valence-corrected chi connectivity index (χ0v) is 11.1. The summed E-state index contributed by atoms with van der Waals surface area (Å²) in [7, 11) is 0. The van der Waals surface area contributed by atoms with Crippen LogP contribution in [0.3, 0.4) is 0 Å². The predicted octanol–water partition coefficient (Wildman–Crippen LogP) is 4.83. The molecule has 1 rings (SSSR count). The molecule has 0 aliphatic rings. The Bertz CT molecular complexity index is 300. The lowest BCUT2D eigenvalue weighted by Crippen LogP contribution is -1.97. The highest BCUT2D eigenvalue weighted by Gasteiger charge is 2.08. The highest BCUT2D eigenvalue weighted by atomic mass is 79.9. The van der Waals surface area contributed by atoms with Crippen LogP contribution in [-0.4, -0.2) is 0 Å². The molecule has 0 saturated carbocycles. The Hall–Kier alpha value is -0.300. The molecule has 0 radical (unpaired) electrons. The molecule has 1 heteroatoms. The number of hydrogen-bond acceptors (Lipinski definition) is 0. The van der Waals surface area contributed by atoms with Crippen molar-refractivity contribution >= 4 is 15.9 Å². The number of rotatable bonds is 3. The maximum absolute atomic E-state index is 3.54. The van der Waals surface area contributed by atoms with Crippen LogP contribution < -0.4 is 0 Å². The lowest BCUT2D eigenvalue weighted by molar-refractivity contribution is 0.826. The topological polar surface area (TPSA) is 0 Å². The molecule has 1 aromatic rings. The third-order valence-electron chi connectivity index (χ3n) is 2.60. The van der Waals surface area contributed by atoms with E-state index in [0.717, 1.165) is 5.33 Å². The highest BCUT2D eigenvalue weighted by molar-refractivity contribution is 9.08. The molecule has 0 heterocycles. The summed E-state index contributed by atoms with van der Waals surface area (Å²) >= 11 is 3.54. The van der Waals surface area contributed by atoms with Gasteiger partial charge in [0.1, 0.15) is 0 Å². The van der Waals surface area contributed by atoms with Gasteiger partial charge in [0.15, 0.2) is 0 Å². The van der Waals surface area contributed by atoms with E-state index in [2.05, 4.69) is 61.8 Å². The fourth-order valence-corrected chi connectivity index (χ4v) is 2.14. The summed E-state index contributed by atoms with van der Waals surface area (Å²) in [5, 5.41) is 0.957. The van der Waals surface area contributed by atoms with Crippen molar-refractivity contribution in [3.63, 3.8) is 0 Å². The van der Waals surface area contributed by atoms with Crippen molar-refractivity contribution in [2.75, 3.05) is 0 Å². The van der Waals surface area contributed by atoms with Crippen molar-refractivity contribution in [2.24, 2.45) is 0 Å². The van der Waals surface area contributed by atoms with Crippen molar-refractivity contribution in [3.8, 4) is 0 Å². The van der Waals surface area contributed by atoms with E-state index in [1.807, 2.05) is 0 Å². The Labute approximate surface area is 95.9 Å². The minimum atomic E-state index is 0.612. The van der Waals surface area contributed by atoms with E-state index in [-0.39, 0.29) is 0 Å². The Morgan fingerprint density at radius 1 is 1.07 bits per heavy atom. The summed E-state index contributed by atoms with van der Waals surface area (Å²) in [6.07, 6.45) is 0. The monoisotopic (exact) mass is 254 g/mol. The maximum Gasteiger partial charge on any atom is 0.0285 e. The lowest BCUT2D eigenvalue weighted by atomic mass is 9.92. The van der Waals surface area contributed by atoms with E-state index < -0.39 is 0 Å². The Morgan fingerprint density at radius 2 is 1.71 bits per heavy atom. The van der Waals surface area contributed by atoms with Gasteiger partial charge in [-0.1, -0.05) is 61.8 Å². The van der Waals surface area contributed by atoms with Gasteiger partial charge in [-0.05, 0) is 28.5 Å². The summed E-state index contributed by atoms with van der Waals surface area (Å²) in [5.74, 6) is 1.23. The van der Waals surface area contributed by atoms with Gasteiger partial charge >= 0.3 is 0 Å². The second-order valence-corrected chi connectivity index (χ2v) is 4.96. The molecule has 1 aromatic carbocycles. The molecule has 0 N–H and O–H groups in total. The van der Waals surface area contributed by atoms with E-state index in [9.17, 15) is 0 Å². The van der Waals surface area contributed by atoms with Gasteiger partial charge < -0.3 is 0 Å². The fraction of sp³-hybridized carbons (Fsp3) is 0.538. The van der Waals surface area contributed by atoms with Crippen LogP contribution in [0.25, 0.3) is 0 Å². The second kappa shape index (κ2) is 4.97. The smallest absolute Gasteiger partial charge is 0.0285 e. The van der Waals surface area contributed by atoms with E-state index in [0.29, 0.717) is 11.8 Å². The molecule has 0 fully saturated rings. The number of benzene rings is 1. The normalized spacial score (nSPS) is 11.4. The summed E-state index contributed by atoms with van der Waals surface area (Å²) in [6.45, 7) is 9.00. The average Bonchev–Trinajstić information content (AvgIpc) is 2.16. The van der Waals surface area contributed by atoms with E-state index in [1.54, 1.807) is 0 Å². The fourth-order valence-electron chi connectivity index (χ4n) is 1.63. The van der Waals surface area contributed by atoms with Crippen molar-refractivity contribution in [3.05, 3.63) is 34.9 Å². The SMILES string of the molecule is CC(C)c1ccc(CBr)c(C(C)C)c1. The van der Waals surface area contributed by atoms with Crippen molar-refractivity contribution in [1.82, 2.24) is 0 Å². The molecule has 0 saturated heterocycles. The minimum absolute atomic E-state index is 0.612. The molecular formula is C13H19Br. The Morgan fingerprint density at radius 3 is 2.14 bits per heavy atom. The van der Waals surface area contributed by atoms with Gasteiger partial charge in [0.2, 0.25) is 0 Å². The molecule has 14 heavy (non-hydrogen) atoms. The lowest BCUT2D eigenvalue weighted by Gasteiger charge is -2.14. The van der Waals surface area contributed by atoms with Gasteiger partial charge in [-0.2, -0.15) is 0 Å². The van der Waals surface area contributed by atoms with E-state index in [4.69, 9.17) is 0 Å².